The summed E-state index contributed by atoms with van der Waals surface area (Å²) in [7, 11) is 0. The molecule has 2 heterocycles. The molecule has 2 unspecified atom stereocenters. The zero-order chi connectivity index (χ0) is 15.0. The average molecular weight is 283 g/mol. The SMILES string of the molecule is CC(C)(C)N1CCCC(N)C1c1ccc2ccccc2n1. The fraction of sp³-hybridized carbons (Fsp3) is 0.500. The zero-order valence-corrected chi connectivity index (χ0v) is 13.2. The van der Waals surface area contributed by atoms with Gasteiger partial charge in [-0.15, -0.1) is 0 Å². The second-order valence-corrected chi connectivity index (χ2v) is 7.04. The molecule has 2 atom stereocenters. The number of pyridine rings is 1. The number of nitrogens with two attached hydrogens (primary N) is 1. The number of fused-ring (bicyclic) bond motifs is 1. The lowest BCUT2D eigenvalue weighted by Gasteiger charge is -2.47. The highest BCUT2D eigenvalue weighted by molar-refractivity contribution is 5.78. The van der Waals surface area contributed by atoms with Crippen LogP contribution in [0.4, 0.5) is 0 Å². The van der Waals surface area contributed by atoms with Crippen LogP contribution in [0, 0.1) is 0 Å². The molecule has 0 aliphatic carbocycles. The maximum atomic E-state index is 6.46. The summed E-state index contributed by atoms with van der Waals surface area (Å²) in [5, 5.41) is 1.19. The number of rotatable bonds is 1. The Morgan fingerprint density at radius 1 is 1.14 bits per heavy atom. The predicted molar refractivity (Wildman–Crippen MR) is 88.2 cm³/mol. The van der Waals surface area contributed by atoms with Crippen molar-refractivity contribution in [2.45, 2.75) is 51.2 Å². The fourth-order valence-electron chi connectivity index (χ4n) is 3.40. The van der Waals surface area contributed by atoms with Gasteiger partial charge in [-0.1, -0.05) is 24.3 Å². The lowest BCUT2D eigenvalue weighted by molar-refractivity contribution is 0.0364. The van der Waals surface area contributed by atoms with E-state index in [2.05, 4.69) is 56.0 Å². The van der Waals surface area contributed by atoms with Crippen molar-refractivity contribution in [1.29, 1.82) is 0 Å². The van der Waals surface area contributed by atoms with E-state index in [1.165, 1.54) is 11.8 Å². The lowest BCUT2D eigenvalue weighted by Crippen LogP contribution is -2.53. The van der Waals surface area contributed by atoms with Crippen LogP contribution < -0.4 is 5.73 Å². The Bertz CT molecular complexity index is 630. The third-order valence-corrected chi connectivity index (χ3v) is 4.46. The molecular weight excluding hydrogens is 258 g/mol. The van der Waals surface area contributed by atoms with Gasteiger partial charge in [0, 0.05) is 17.0 Å². The van der Waals surface area contributed by atoms with E-state index in [-0.39, 0.29) is 17.6 Å². The van der Waals surface area contributed by atoms with Crippen LogP contribution in [0.1, 0.15) is 45.3 Å². The highest BCUT2D eigenvalue weighted by Crippen LogP contribution is 2.35. The van der Waals surface area contributed by atoms with Gasteiger partial charge >= 0.3 is 0 Å². The molecule has 1 aliphatic rings. The minimum atomic E-state index is 0.107. The molecule has 1 aromatic heterocycles. The maximum Gasteiger partial charge on any atom is 0.0706 e. The molecule has 1 aromatic carbocycles. The molecule has 3 rings (SSSR count). The van der Waals surface area contributed by atoms with Crippen molar-refractivity contribution in [3.8, 4) is 0 Å². The minimum Gasteiger partial charge on any atom is -0.326 e. The summed E-state index contributed by atoms with van der Waals surface area (Å²) in [4.78, 5) is 7.40. The van der Waals surface area contributed by atoms with Crippen molar-refractivity contribution >= 4 is 10.9 Å². The van der Waals surface area contributed by atoms with E-state index in [9.17, 15) is 0 Å². The van der Waals surface area contributed by atoms with Gasteiger partial charge in [0.05, 0.1) is 17.3 Å². The normalized spacial score (nSPS) is 24.4. The van der Waals surface area contributed by atoms with Crippen molar-refractivity contribution in [3.63, 3.8) is 0 Å². The van der Waals surface area contributed by atoms with Crippen LogP contribution in [-0.2, 0) is 0 Å². The van der Waals surface area contributed by atoms with Gasteiger partial charge in [0.1, 0.15) is 0 Å². The molecule has 3 nitrogen and oxygen atoms in total. The fourth-order valence-corrected chi connectivity index (χ4v) is 3.40. The molecule has 0 spiro atoms. The summed E-state index contributed by atoms with van der Waals surface area (Å²) in [5.41, 5.74) is 8.73. The summed E-state index contributed by atoms with van der Waals surface area (Å²) in [6.07, 6.45) is 2.24. The van der Waals surface area contributed by atoms with Gasteiger partial charge in [0.25, 0.3) is 0 Å². The Morgan fingerprint density at radius 2 is 1.90 bits per heavy atom. The van der Waals surface area contributed by atoms with Gasteiger partial charge in [0.2, 0.25) is 0 Å². The summed E-state index contributed by atoms with van der Waals surface area (Å²) in [5.74, 6) is 0. The number of benzene rings is 1. The monoisotopic (exact) mass is 283 g/mol. The second-order valence-electron chi connectivity index (χ2n) is 7.04. The molecule has 2 aromatic rings. The van der Waals surface area contributed by atoms with Crippen LogP contribution in [0.25, 0.3) is 10.9 Å². The smallest absolute Gasteiger partial charge is 0.0706 e. The van der Waals surface area contributed by atoms with Gasteiger partial charge in [-0.05, 0) is 52.3 Å². The Morgan fingerprint density at radius 3 is 2.67 bits per heavy atom. The number of aromatic nitrogens is 1. The third-order valence-electron chi connectivity index (χ3n) is 4.46. The molecule has 1 fully saturated rings. The van der Waals surface area contributed by atoms with Gasteiger partial charge < -0.3 is 5.73 Å². The van der Waals surface area contributed by atoms with E-state index >= 15 is 0 Å². The molecule has 2 N–H and O–H groups in total. The Labute approximate surface area is 127 Å². The third kappa shape index (κ3) is 2.81. The number of piperidine rings is 1. The van der Waals surface area contributed by atoms with E-state index in [1.807, 2.05) is 6.07 Å². The summed E-state index contributed by atoms with van der Waals surface area (Å²) in [6, 6.07) is 13.0. The van der Waals surface area contributed by atoms with Gasteiger partial charge in [-0.2, -0.15) is 0 Å². The van der Waals surface area contributed by atoms with Gasteiger partial charge in [-0.25, -0.2) is 0 Å². The molecular formula is C18H25N3. The van der Waals surface area contributed by atoms with Crippen LogP contribution in [-0.4, -0.2) is 28.0 Å². The van der Waals surface area contributed by atoms with E-state index in [0.717, 1.165) is 24.2 Å². The highest BCUT2D eigenvalue weighted by atomic mass is 15.2. The Kier molecular flexibility index (Phi) is 3.72. The molecule has 0 saturated carbocycles. The zero-order valence-electron chi connectivity index (χ0n) is 13.2. The number of hydrogen-bond acceptors (Lipinski definition) is 3. The molecule has 0 radical (unpaired) electrons. The van der Waals surface area contributed by atoms with Crippen LogP contribution in [0.3, 0.4) is 0 Å². The first kappa shape index (κ1) is 14.5. The summed E-state index contributed by atoms with van der Waals surface area (Å²) < 4.78 is 0. The van der Waals surface area contributed by atoms with Crippen LogP contribution in [0.2, 0.25) is 0 Å². The average Bonchev–Trinajstić information content (AvgIpc) is 2.45. The molecule has 1 saturated heterocycles. The minimum absolute atomic E-state index is 0.107. The number of nitrogens with zero attached hydrogens (tertiary/aromatic N) is 2. The number of para-hydroxylation sites is 1. The standard InChI is InChI=1S/C18H25N3/c1-18(2,3)21-12-6-8-14(19)17(21)16-11-10-13-7-4-5-9-15(13)20-16/h4-5,7,9-11,14,17H,6,8,12,19H2,1-3H3. The topological polar surface area (TPSA) is 42.1 Å². The van der Waals surface area contributed by atoms with Crippen molar-refractivity contribution in [2.75, 3.05) is 6.54 Å². The molecule has 0 bridgehead atoms. The van der Waals surface area contributed by atoms with E-state index < -0.39 is 0 Å². The first-order chi connectivity index (χ1) is 9.97. The number of likely N-dealkylation sites (tertiary alicyclic amines) is 1. The quantitative estimate of drug-likeness (QED) is 0.871. The van der Waals surface area contributed by atoms with Crippen molar-refractivity contribution in [1.82, 2.24) is 9.88 Å². The van der Waals surface area contributed by atoms with Crippen molar-refractivity contribution in [2.24, 2.45) is 5.73 Å². The Hall–Kier alpha value is -1.45. The molecule has 112 valence electrons. The molecule has 21 heavy (non-hydrogen) atoms. The predicted octanol–water partition coefficient (Wildman–Crippen LogP) is 3.50. The van der Waals surface area contributed by atoms with Crippen LogP contribution in [0.5, 0.6) is 0 Å². The summed E-state index contributed by atoms with van der Waals surface area (Å²) >= 11 is 0. The van der Waals surface area contributed by atoms with Crippen molar-refractivity contribution in [3.05, 3.63) is 42.1 Å². The van der Waals surface area contributed by atoms with Gasteiger partial charge in [-0.3, -0.25) is 9.88 Å². The Balaban J connectivity index is 2.04. The van der Waals surface area contributed by atoms with E-state index in [4.69, 9.17) is 10.7 Å². The van der Waals surface area contributed by atoms with Gasteiger partial charge in [0.15, 0.2) is 0 Å². The maximum absolute atomic E-state index is 6.46. The first-order valence-corrected chi connectivity index (χ1v) is 7.85. The highest BCUT2D eigenvalue weighted by Gasteiger charge is 2.37. The second kappa shape index (κ2) is 5.39. The largest absolute Gasteiger partial charge is 0.326 e. The molecule has 1 aliphatic heterocycles. The molecule has 0 amide bonds. The lowest BCUT2D eigenvalue weighted by atomic mass is 9.89. The summed E-state index contributed by atoms with van der Waals surface area (Å²) in [6.45, 7) is 7.88. The molecule has 3 heteroatoms. The van der Waals surface area contributed by atoms with E-state index in [0.29, 0.717) is 0 Å². The van der Waals surface area contributed by atoms with Crippen molar-refractivity contribution < 1.29 is 0 Å². The first-order valence-electron chi connectivity index (χ1n) is 7.85. The van der Waals surface area contributed by atoms with Crippen LogP contribution >= 0.6 is 0 Å². The van der Waals surface area contributed by atoms with Crippen LogP contribution in [0.15, 0.2) is 36.4 Å². The number of hydrogen-bond donors (Lipinski definition) is 1. The van der Waals surface area contributed by atoms with E-state index in [1.54, 1.807) is 0 Å².